The largest absolute Gasteiger partial charge is 0.490 e. The van der Waals surface area contributed by atoms with Gasteiger partial charge in [-0.3, -0.25) is 9.59 Å². The van der Waals surface area contributed by atoms with Gasteiger partial charge < -0.3 is 35.0 Å². The number of hydrogen-bond acceptors (Lipinski definition) is 6. The van der Waals surface area contributed by atoms with Crippen LogP contribution in [-0.4, -0.2) is 96.6 Å². The van der Waals surface area contributed by atoms with Gasteiger partial charge in [0.25, 0.3) is 5.91 Å². The number of halogens is 3. The van der Waals surface area contributed by atoms with Crippen molar-refractivity contribution in [2.24, 2.45) is 5.92 Å². The third kappa shape index (κ3) is 12.2. The lowest BCUT2D eigenvalue weighted by Crippen LogP contribution is -2.49. The summed E-state index contributed by atoms with van der Waals surface area (Å²) >= 11 is 0. The van der Waals surface area contributed by atoms with Crippen LogP contribution < -0.4 is 15.4 Å². The van der Waals surface area contributed by atoms with Crippen molar-refractivity contribution in [1.29, 1.82) is 0 Å². The number of carbonyl (C=O) groups excluding carboxylic acids is 3. The zero-order chi connectivity index (χ0) is 32.3. The number of nitrogens with one attached hydrogen (secondary N) is 2. The molecule has 1 aromatic carbocycles. The molecule has 0 aromatic heterocycles. The Kier molecular flexibility index (Phi) is 14.0. The molecule has 1 aromatic rings. The Labute approximate surface area is 252 Å². The second kappa shape index (κ2) is 16.7. The summed E-state index contributed by atoms with van der Waals surface area (Å²) in [7, 11) is 1.68. The molecular weight excluding hydrogens is 569 g/mol. The van der Waals surface area contributed by atoms with Crippen LogP contribution in [0.3, 0.4) is 0 Å². The number of hydrogen-bond donors (Lipinski definition) is 3. The van der Waals surface area contributed by atoms with E-state index in [4.69, 9.17) is 9.47 Å². The first-order valence-electron chi connectivity index (χ1n) is 14.8. The average molecular weight is 617 g/mol. The molecule has 0 unspecified atom stereocenters. The number of benzene rings is 1. The van der Waals surface area contributed by atoms with Gasteiger partial charge in [0.15, 0.2) is 0 Å². The molecule has 4 amide bonds. The Morgan fingerprint density at radius 2 is 1.88 bits per heavy atom. The second-order valence-corrected chi connectivity index (χ2v) is 11.7. The zero-order valence-electron chi connectivity index (χ0n) is 26.0. The van der Waals surface area contributed by atoms with E-state index in [2.05, 4.69) is 10.6 Å². The number of rotatable bonds is 8. The summed E-state index contributed by atoms with van der Waals surface area (Å²) in [5.74, 6) is -1.31. The molecule has 0 saturated carbocycles. The van der Waals surface area contributed by atoms with E-state index >= 15 is 0 Å². The molecule has 13 heteroatoms. The maximum atomic E-state index is 14.1. The van der Waals surface area contributed by atoms with Gasteiger partial charge in [-0.25, -0.2) is 4.79 Å². The van der Waals surface area contributed by atoms with Crippen molar-refractivity contribution >= 4 is 23.5 Å². The molecule has 0 aliphatic carbocycles. The number of aliphatic hydroxyl groups is 1. The number of aliphatic hydroxyl groups excluding tert-OH is 1. The van der Waals surface area contributed by atoms with Gasteiger partial charge in [0.05, 0.1) is 36.8 Å². The van der Waals surface area contributed by atoms with E-state index in [1.54, 1.807) is 18.9 Å². The average Bonchev–Trinajstić information content (AvgIpc) is 2.92. The van der Waals surface area contributed by atoms with Crippen LogP contribution in [0.2, 0.25) is 0 Å². The first kappa shape index (κ1) is 36.1. The van der Waals surface area contributed by atoms with E-state index in [-0.39, 0.29) is 60.8 Å². The molecular formula is C30H47F3N4O6. The van der Waals surface area contributed by atoms with Crippen LogP contribution in [0.1, 0.15) is 77.1 Å². The lowest BCUT2D eigenvalue weighted by Gasteiger charge is -2.36. The highest BCUT2D eigenvalue weighted by molar-refractivity contribution is 5.99. The van der Waals surface area contributed by atoms with Crippen molar-refractivity contribution in [3.8, 4) is 5.75 Å². The standard InChI is InChI=1S/C30H47F3N4O6/c1-19(2)34-29(41)36(6)17-26-20(3)16-37(21(4)18-38)28(40)24-15-23(35-27(39)12-13-30(31,32)33)10-11-25(24)43-22(5)9-7-8-14-42-26/h10-11,15,19-22,26,38H,7-9,12-14,16-18H2,1-6H3,(H,34,41)(H,35,39)/t20-,21-,22-,26-/m1/s1. The fraction of sp³-hybridized carbons (Fsp3) is 0.700. The lowest BCUT2D eigenvalue weighted by molar-refractivity contribution is -0.142. The molecule has 1 aliphatic heterocycles. The topological polar surface area (TPSA) is 120 Å². The van der Waals surface area contributed by atoms with Crippen molar-refractivity contribution in [2.75, 3.05) is 38.7 Å². The van der Waals surface area contributed by atoms with Crippen molar-refractivity contribution in [3.63, 3.8) is 0 Å². The van der Waals surface area contributed by atoms with Crippen molar-refractivity contribution in [3.05, 3.63) is 23.8 Å². The highest BCUT2D eigenvalue weighted by Crippen LogP contribution is 2.29. The molecule has 0 radical (unpaired) electrons. The van der Waals surface area contributed by atoms with Crippen LogP contribution >= 0.6 is 0 Å². The Balaban J connectivity index is 2.42. The van der Waals surface area contributed by atoms with Crippen LogP contribution in [0.5, 0.6) is 5.75 Å². The first-order valence-corrected chi connectivity index (χ1v) is 14.8. The van der Waals surface area contributed by atoms with Crippen LogP contribution in [0.4, 0.5) is 23.7 Å². The third-order valence-corrected chi connectivity index (χ3v) is 7.18. The number of likely N-dealkylation sites (N-methyl/N-ethyl adjacent to an activating group) is 1. The number of nitrogens with zero attached hydrogens (tertiary/aromatic N) is 2. The van der Waals surface area contributed by atoms with Gasteiger partial charge in [0.1, 0.15) is 5.75 Å². The van der Waals surface area contributed by atoms with Gasteiger partial charge in [-0.05, 0) is 65.2 Å². The van der Waals surface area contributed by atoms with E-state index in [0.29, 0.717) is 13.0 Å². The van der Waals surface area contributed by atoms with E-state index in [1.807, 2.05) is 27.7 Å². The van der Waals surface area contributed by atoms with Crippen molar-refractivity contribution < 1.29 is 42.1 Å². The minimum Gasteiger partial charge on any atom is -0.490 e. The number of carbonyl (C=O) groups is 3. The second-order valence-electron chi connectivity index (χ2n) is 11.7. The number of amides is 4. The summed E-state index contributed by atoms with van der Waals surface area (Å²) in [6.07, 6.45) is -4.97. The predicted molar refractivity (Wildman–Crippen MR) is 157 cm³/mol. The van der Waals surface area contributed by atoms with Gasteiger partial charge in [0.2, 0.25) is 5.91 Å². The van der Waals surface area contributed by atoms with E-state index in [0.717, 1.165) is 12.8 Å². The molecule has 0 bridgehead atoms. The Morgan fingerprint density at radius 1 is 1.19 bits per heavy atom. The molecule has 1 heterocycles. The number of anilines is 1. The maximum absolute atomic E-state index is 14.1. The molecule has 43 heavy (non-hydrogen) atoms. The summed E-state index contributed by atoms with van der Waals surface area (Å²) in [4.78, 5) is 41.9. The molecule has 4 atom stereocenters. The quantitative estimate of drug-likeness (QED) is 0.386. The highest BCUT2D eigenvalue weighted by atomic mass is 19.4. The number of ether oxygens (including phenoxy) is 2. The van der Waals surface area contributed by atoms with Gasteiger partial charge in [-0.2, -0.15) is 13.2 Å². The fourth-order valence-electron chi connectivity index (χ4n) is 4.65. The van der Waals surface area contributed by atoms with Crippen LogP contribution in [0.25, 0.3) is 0 Å². The lowest BCUT2D eigenvalue weighted by atomic mass is 10.0. The summed E-state index contributed by atoms with van der Waals surface area (Å²) in [6, 6.07) is 3.50. The van der Waals surface area contributed by atoms with Gasteiger partial charge in [-0.15, -0.1) is 0 Å². The van der Waals surface area contributed by atoms with E-state index < -0.39 is 43.0 Å². The molecule has 244 valence electrons. The smallest absolute Gasteiger partial charge is 0.389 e. The van der Waals surface area contributed by atoms with Crippen molar-refractivity contribution in [1.82, 2.24) is 15.1 Å². The molecule has 10 nitrogen and oxygen atoms in total. The van der Waals surface area contributed by atoms with Crippen LogP contribution in [0.15, 0.2) is 18.2 Å². The number of fused-ring (bicyclic) bond motifs is 1. The minimum absolute atomic E-state index is 0.0422. The monoisotopic (exact) mass is 616 g/mol. The predicted octanol–water partition coefficient (Wildman–Crippen LogP) is 4.81. The highest BCUT2D eigenvalue weighted by Gasteiger charge is 2.31. The molecule has 2 rings (SSSR count). The molecule has 0 saturated heterocycles. The SMILES string of the molecule is CC(C)NC(=O)N(C)C[C@H]1OCCCC[C@@H](C)Oc2ccc(NC(=O)CCC(F)(F)F)cc2C(=O)N([C@H](C)CO)C[C@H]1C. The van der Waals surface area contributed by atoms with Gasteiger partial charge >= 0.3 is 12.2 Å². The number of alkyl halides is 3. The molecule has 1 aliphatic rings. The normalized spacial score (nSPS) is 21.3. The van der Waals surface area contributed by atoms with E-state index in [9.17, 15) is 32.7 Å². The maximum Gasteiger partial charge on any atom is 0.389 e. The summed E-state index contributed by atoms with van der Waals surface area (Å²) in [5.41, 5.74) is 0.260. The van der Waals surface area contributed by atoms with Crippen LogP contribution in [0, 0.1) is 5.92 Å². The zero-order valence-corrected chi connectivity index (χ0v) is 26.0. The molecule has 0 spiro atoms. The fourth-order valence-corrected chi connectivity index (χ4v) is 4.65. The van der Waals surface area contributed by atoms with E-state index in [1.165, 1.54) is 23.1 Å². The first-order chi connectivity index (χ1) is 20.1. The minimum atomic E-state index is -4.47. The summed E-state index contributed by atoms with van der Waals surface area (Å²) < 4.78 is 50.2. The number of urea groups is 1. The Bertz CT molecular complexity index is 1070. The Hall–Kier alpha value is -3.06. The Morgan fingerprint density at radius 3 is 2.51 bits per heavy atom. The van der Waals surface area contributed by atoms with Crippen molar-refractivity contribution in [2.45, 2.75) is 97.2 Å². The summed E-state index contributed by atoms with van der Waals surface area (Å²) in [6.45, 7) is 9.78. The van der Waals surface area contributed by atoms with Gasteiger partial charge in [-0.1, -0.05) is 6.92 Å². The summed E-state index contributed by atoms with van der Waals surface area (Å²) in [5, 5.41) is 15.4. The molecule has 3 N–H and O–H groups in total. The third-order valence-electron chi connectivity index (χ3n) is 7.18. The molecule has 0 fully saturated rings. The van der Waals surface area contributed by atoms with Crippen LogP contribution in [-0.2, 0) is 9.53 Å². The van der Waals surface area contributed by atoms with Gasteiger partial charge in [0, 0.05) is 50.8 Å².